The van der Waals surface area contributed by atoms with Gasteiger partial charge >= 0.3 is 0 Å². The number of pyridine rings is 1. The Kier molecular flexibility index (Phi) is 4.10. The van der Waals surface area contributed by atoms with Crippen LogP contribution < -0.4 is 10.5 Å². The van der Waals surface area contributed by atoms with E-state index in [-0.39, 0.29) is 0 Å². The normalized spacial score (nSPS) is 10.3. The van der Waals surface area contributed by atoms with Crippen LogP contribution in [0.15, 0.2) is 41.6 Å². The maximum atomic E-state index is 5.95. The van der Waals surface area contributed by atoms with Gasteiger partial charge in [-0.25, -0.2) is 0 Å². The van der Waals surface area contributed by atoms with Crippen LogP contribution in [0.1, 0.15) is 11.1 Å². The second-order valence-corrected chi connectivity index (χ2v) is 5.08. The van der Waals surface area contributed by atoms with E-state index >= 15 is 0 Å². The van der Waals surface area contributed by atoms with Crippen LogP contribution in [0.2, 0.25) is 0 Å². The fraction of sp³-hybridized carbons (Fsp3) is 0.214. The number of nitrogens with zero attached hydrogens (tertiary/aromatic N) is 1. The van der Waals surface area contributed by atoms with Crippen molar-refractivity contribution >= 4 is 17.4 Å². The van der Waals surface area contributed by atoms with Gasteiger partial charge in [0.15, 0.2) is 0 Å². The molecule has 0 amide bonds. The van der Waals surface area contributed by atoms with Crippen molar-refractivity contribution in [1.82, 2.24) is 4.98 Å². The Morgan fingerprint density at radius 2 is 2.11 bits per heavy atom. The summed E-state index contributed by atoms with van der Waals surface area (Å²) in [5.74, 6) is 1.68. The summed E-state index contributed by atoms with van der Waals surface area (Å²) in [5, 5.41) is 0. The van der Waals surface area contributed by atoms with Gasteiger partial charge in [0.25, 0.3) is 0 Å². The molecule has 4 heteroatoms. The number of nitrogen functional groups attached to an aromatic ring is 1. The Hall–Kier alpha value is -1.68. The van der Waals surface area contributed by atoms with Gasteiger partial charge in [-0.05, 0) is 36.2 Å². The molecule has 1 heterocycles. The van der Waals surface area contributed by atoms with E-state index in [1.54, 1.807) is 18.9 Å². The first kappa shape index (κ1) is 12.8. The highest BCUT2D eigenvalue weighted by atomic mass is 32.2. The lowest BCUT2D eigenvalue weighted by molar-refractivity contribution is 0.414. The molecule has 0 aliphatic heterocycles. The van der Waals surface area contributed by atoms with Gasteiger partial charge in [-0.2, -0.15) is 0 Å². The summed E-state index contributed by atoms with van der Waals surface area (Å²) < 4.78 is 5.20. The largest absolute Gasteiger partial charge is 0.497 e. The van der Waals surface area contributed by atoms with Crippen molar-refractivity contribution in [2.24, 2.45) is 0 Å². The first-order chi connectivity index (χ1) is 8.69. The zero-order valence-electron chi connectivity index (χ0n) is 10.5. The molecule has 0 unspecified atom stereocenters. The second-order valence-electron chi connectivity index (χ2n) is 4.06. The number of benzene rings is 1. The molecule has 0 bridgehead atoms. The lowest BCUT2D eigenvalue weighted by Gasteiger charge is -2.08. The van der Waals surface area contributed by atoms with E-state index < -0.39 is 0 Å². The van der Waals surface area contributed by atoms with Crippen molar-refractivity contribution in [3.63, 3.8) is 0 Å². The van der Waals surface area contributed by atoms with Crippen LogP contribution in [0.4, 0.5) is 5.69 Å². The number of aromatic nitrogens is 1. The maximum Gasteiger partial charge on any atom is 0.120 e. The van der Waals surface area contributed by atoms with E-state index in [9.17, 15) is 0 Å². The third-order valence-corrected chi connectivity index (χ3v) is 3.69. The summed E-state index contributed by atoms with van der Waals surface area (Å²) in [6, 6.07) is 7.84. The molecule has 0 saturated heterocycles. The molecule has 0 saturated carbocycles. The molecule has 1 aromatic carbocycles. The van der Waals surface area contributed by atoms with E-state index in [2.05, 4.69) is 11.1 Å². The standard InChI is InChI=1S/C14H16N2OS/c1-10-5-11(8-16-7-10)9-18-14-6-12(17-2)3-4-13(14)15/h3-8H,9,15H2,1-2H3. The number of methoxy groups -OCH3 is 1. The third kappa shape index (κ3) is 3.17. The molecule has 2 rings (SSSR count). The van der Waals surface area contributed by atoms with E-state index in [4.69, 9.17) is 10.5 Å². The Morgan fingerprint density at radius 1 is 1.28 bits per heavy atom. The quantitative estimate of drug-likeness (QED) is 0.677. The predicted molar refractivity (Wildman–Crippen MR) is 75.9 cm³/mol. The highest BCUT2D eigenvalue weighted by Crippen LogP contribution is 2.31. The van der Waals surface area contributed by atoms with Gasteiger partial charge < -0.3 is 10.5 Å². The van der Waals surface area contributed by atoms with E-state index in [1.165, 1.54) is 11.1 Å². The number of hydrogen-bond acceptors (Lipinski definition) is 4. The molecule has 2 aromatic rings. The van der Waals surface area contributed by atoms with Crippen LogP contribution in [-0.2, 0) is 5.75 Å². The monoisotopic (exact) mass is 260 g/mol. The number of ether oxygens (including phenoxy) is 1. The minimum Gasteiger partial charge on any atom is -0.497 e. The van der Waals surface area contributed by atoms with Crippen molar-refractivity contribution in [3.8, 4) is 5.75 Å². The summed E-state index contributed by atoms with van der Waals surface area (Å²) in [6.07, 6.45) is 3.74. The Labute approximate surface area is 111 Å². The molecular formula is C14H16N2OS. The Balaban J connectivity index is 2.10. The van der Waals surface area contributed by atoms with E-state index in [1.807, 2.05) is 37.5 Å². The molecule has 1 aromatic heterocycles. The number of rotatable bonds is 4. The molecule has 94 valence electrons. The van der Waals surface area contributed by atoms with Gasteiger partial charge in [0.1, 0.15) is 5.75 Å². The third-order valence-electron chi connectivity index (χ3n) is 2.55. The van der Waals surface area contributed by atoms with Gasteiger partial charge in [0, 0.05) is 28.7 Å². The number of hydrogen-bond donors (Lipinski definition) is 1. The molecule has 0 aliphatic rings. The second kappa shape index (κ2) is 5.78. The molecule has 3 nitrogen and oxygen atoms in total. The molecule has 0 atom stereocenters. The average Bonchev–Trinajstić information content (AvgIpc) is 2.38. The molecule has 2 N–H and O–H groups in total. The number of aryl methyl sites for hydroxylation is 1. The van der Waals surface area contributed by atoms with Crippen LogP contribution >= 0.6 is 11.8 Å². The fourth-order valence-corrected chi connectivity index (χ4v) is 2.54. The van der Waals surface area contributed by atoms with Crippen LogP contribution in [0.3, 0.4) is 0 Å². The van der Waals surface area contributed by atoms with Crippen molar-refractivity contribution in [2.75, 3.05) is 12.8 Å². The van der Waals surface area contributed by atoms with Crippen molar-refractivity contribution < 1.29 is 4.74 Å². The molecular weight excluding hydrogens is 244 g/mol. The first-order valence-corrected chi connectivity index (χ1v) is 6.64. The predicted octanol–water partition coefficient (Wildman–Crippen LogP) is 3.27. The van der Waals surface area contributed by atoms with Crippen LogP contribution in [-0.4, -0.2) is 12.1 Å². The van der Waals surface area contributed by atoms with Gasteiger partial charge in [0.2, 0.25) is 0 Å². The van der Waals surface area contributed by atoms with Gasteiger partial charge in [0.05, 0.1) is 7.11 Å². The van der Waals surface area contributed by atoms with Gasteiger partial charge in [-0.1, -0.05) is 6.07 Å². The zero-order chi connectivity index (χ0) is 13.0. The highest BCUT2D eigenvalue weighted by Gasteiger charge is 2.03. The lowest BCUT2D eigenvalue weighted by Crippen LogP contribution is -1.91. The molecule has 18 heavy (non-hydrogen) atoms. The number of thioether (sulfide) groups is 1. The minimum absolute atomic E-state index is 0.779. The van der Waals surface area contributed by atoms with E-state index in [0.717, 1.165) is 22.1 Å². The van der Waals surface area contributed by atoms with Crippen LogP contribution in [0.5, 0.6) is 5.75 Å². The minimum atomic E-state index is 0.779. The van der Waals surface area contributed by atoms with E-state index in [0.29, 0.717) is 0 Å². The summed E-state index contributed by atoms with van der Waals surface area (Å²) in [5.41, 5.74) is 9.09. The van der Waals surface area contributed by atoms with Gasteiger partial charge in [-0.15, -0.1) is 11.8 Å². The van der Waals surface area contributed by atoms with Crippen LogP contribution in [0, 0.1) is 6.92 Å². The topological polar surface area (TPSA) is 48.1 Å². The average molecular weight is 260 g/mol. The SMILES string of the molecule is COc1ccc(N)c(SCc2cncc(C)c2)c1. The molecule has 0 spiro atoms. The summed E-state index contributed by atoms with van der Waals surface area (Å²) in [4.78, 5) is 5.22. The lowest BCUT2D eigenvalue weighted by atomic mass is 10.2. The highest BCUT2D eigenvalue weighted by molar-refractivity contribution is 7.98. The molecule has 0 fully saturated rings. The molecule has 0 aliphatic carbocycles. The Morgan fingerprint density at radius 3 is 2.83 bits per heavy atom. The Bertz CT molecular complexity index is 543. The van der Waals surface area contributed by atoms with Crippen LogP contribution in [0.25, 0.3) is 0 Å². The fourth-order valence-electron chi connectivity index (χ4n) is 1.62. The van der Waals surface area contributed by atoms with Crippen molar-refractivity contribution in [1.29, 1.82) is 0 Å². The number of nitrogens with two attached hydrogens (primary N) is 1. The summed E-state index contributed by atoms with van der Waals surface area (Å²) >= 11 is 1.69. The summed E-state index contributed by atoms with van der Waals surface area (Å²) in [7, 11) is 1.66. The smallest absolute Gasteiger partial charge is 0.120 e. The molecule has 0 radical (unpaired) electrons. The summed E-state index contributed by atoms with van der Waals surface area (Å²) in [6.45, 7) is 2.04. The zero-order valence-corrected chi connectivity index (χ0v) is 11.3. The van der Waals surface area contributed by atoms with Gasteiger partial charge in [-0.3, -0.25) is 4.98 Å². The maximum absolute atomic E-state index is 5.95. The van der Waals surface area contributed by atoms with Crippen molar-refractivity contribution in [2.45, 2.75) is 17.6 Å². The first-order valence-electron chi connectivity index (χ1n) is 5.66. The number of anilines is 1. The van der Waals surface area contributed by atoms with Crippen molar-refractivity contribution in [3.05, 3.63) is 47.8 Å².